The van der Waals surface area contributed by atoms with E-state index in [1.165, 1.54) is 30.6 Å². The standard InChI is InChI=1S/C24H25F2IN6O/c1-15-12-18(29-22(28-15)33-11-8-24(25,26)14-33)21-31-30-20(34-21)17-3-2-16(27)13-19(17)32-9-6-23(4-5-23)7-10-32/h2-3,12-13H,4-11,14H2,1H3. The zero-order chi connectivity index (χ0) is 23.5. The molecule has 34 heavy (non-hydrogen) atoms. The van der Waals surface area contributed by atoms with Gasteiger partial charge in [-0.2, -0.15) is 0 Å². The van der Waals surface area contributed by atoms with E-state index in [0.717, 1.165) is 27.9 Å². The van der Waals surface area contributed by atoms with Gasteiger partial charge in [-0.3, -0.25) is 0 Å². The number of nitrogens with zero attached hydrogens (tertiary/aromatic N) is 6. The van der Waals surface area contributed by atoms with Crippen LogP contribution >= 0.6 is 22.6 Å². The van der Waals surface area contributed by atoms with Gasteiger partial charge in [0.2, 0.25) is 11.8 Å². The lowest BCUT2D eigenvalue weighted by Gasteiger charge is -2.34. The highest BCUT2D eigenvalue weighted by molar-refractivity contribution is 14.1. The quantitative estimate of drug-likeness (QED) is 0.388. The molecule has 6 rings (SSSR count). The van der Waals surface area contributed by atoms with Crippen molar-refractivity contribution in [2.45, 2.75) is 45.0 Å². The van der Waals surface area contributed by atoms with Gasteiger partial charge in [-0.05, 0) is 84.9 Å². The molecule has 2 aromatic heterocycles. The first kappa shape index (κ1) is 22.1. The molecule has 0 amide bonds. The van der Waals surface area contributed by atoms with Crippen molar-refractivity contribution >= 4 is 34.2 Å². The number of aromatic nitrogens is 4. The average Bonchev–Trinajstić information content (AvgIpc) is 3.21. The Balaban J connectivity index is 1.30. The van der Waals surface area contributed by atoms with Crippen molar-refractivity contribution in [3.05, 3.63) is 33.5 Å². The van der Waals surface area contributed by atoms with Gasteiger partial charge in [0.15, 0.2) is 0 Å². The molecule has 1 aromatic carbocycles. The Morgan fingerprint density at radius 1 is 0.912 bits per heavy atom. The van der Waals surface area contributed by atoms with Crippen molar-refractivity contribution in [1.29, 1.82) is 0 Å². The van der Waals surface area contributed by atoms with Crippen molar-refractivity contribution in [3.63, 3.8) is 0 Å². The molecule has 3 aliphatic rings. The van der Waals surface area contributed by atoms with Gasteiger partial charge in [0.25, 0.3) is 11.8 Å². The summed E-state index contributed by atoms with van der Waals surface area (Å²) in [6, 6.07) is 7.98. The van der Waals surface area contributed by atoms with E-state index >= 15 is 0 Å². The summed E-state index contributed by atoms with van der Waals surface area (Å²) in [4.78, 5) is 12.8. The van der Waals surface area contributed by atoms with Crippen LogP contribution in [0.5, 0.6) is 0 Å². The van der Waals surface area contributed by atoms with Gasteiger partial charge < -0.3 is 14.2 Å². The zero-order valence-electron chi connectivity index (χ0n) is 18.9. The SMILES string of the molecule is Cc1cc(-c2nnc(-c3ccc(I)cc3N3CCC4(CC3)CC4)o2)nc(N2CCC(F)(F)C2)n1. The molecule has 10 heteroatoms. The highest BCUT2D eigenvalue weighted by Gasteiger charge is 2.44. The van der Waals surface area contributed by atoms with Gasteiger partial charge in [-0.25, -0.2) is 18.7 Å². The third kappa shape index (κ3) is 4.25. The summed E-state index contributed by atoms with van der Waals surface area (Å²) in [7, 11) is 0. The summed E-state index contributed by atoms with van der Waals surface area (Å²) in [5.74, 6) is -1.77. The molecule has 3 aromatic rings. The van der Waals surface area contributed by atoms with Crippen LogP contribution in [0.4, 0.5) is 20.4 Å². The van der Waals surface area contributed by atoms with E-state index in [0.29, 0.717) is 22.7 Å². The Morgan fingerprint density at radius 3 is 2.35 bits per heavy atom. The van der Waals surface area contributed by atoms with Gasteiger partial charge >= 0.3 is 0 Å². The van der Waals surface area contributed by atoms with Crippen LogP contribution in [0, 0.1) is 15.9 Å². The number of rotatable bonds is 4. The van der Waals surface area contributed by atoms with Crippen molar-refractivity contribution in [2.24, 2.45) is 5.41 Å². The fourth-order valence-electron chi connectivity index (χ4n) is 4.99. The van der Waals surface area contributed by atoms with E-state index in [9.17, 15) is 8.78 Å². The monoisotopic (exact) mass is 578 g/mol. The Hall–Kier alpha value is -2.37. The molecule has 0 bridgehead atoms. The minimum atomic E-state index is -2.72. The second-order valence-corrected chi connectivity index (χ2v) is 11.0. The fraction of sp³-hybridized carbons (Fsp3) is 0.500. The van der Waals surface area contributed by atoms with E-state index in [-0.39, 0.29) is 31.3 Å². The van der Waals surface area contributed by atoms with E-state index in [4.69, 9.17) is 4.42 Å². The molecule has 2 aliphatic heterocycles. The number of halogens is 3. The molecular weight excluding hydrogens is 553 g/mol. The summed E-state index contributed by atoms with van der Waals surface area (Å²) in [6.07, 6.45) is 4.99. The van der Waals surface area contributed by atoms with Gasteiger partial charge in [-0.15, -0.1) is 10.2 Å². The molecule has 7 nitrogen and oxygen atoms in total. The molecule has 1 saturated carbocycles. The molecular formula is C24H25F2IN6O. The zero-order valence-corrected chi connectivity index (χ0v) is 21.1. The average molecular weight is 578 g/mol. The molecule has 1 aliphatic carbocycles. The van der Waals surface area contributed by atoms with Crippen molar-refractivity contribution in [1.82, 2.24) is 20.2 Å². The molecule has 178 valence electrons. The van der Waals surface area contributed by atoms with E-state index in [2.05, 4.69) is 53.7 Å². The maximum atomic E-state index is 13.7. The predicted molar refractivity (Wildman–Crippen MR) is 133 cm³/mol. The summed E-state index contributed by atoms with van der Waals surface area (Å²) in [5.41, 5.74) is 3.70. The molecule has 4 heterocycles. The third-order valence-electron chi connectivity index (χ3n) is 7.25. The smallest absolute Gasteiger partial charge is 0.267 e. The highest BCUT2D eigenvalue weighted by atomic mass is 127. The fourth-order valence-corrected chi connectivity index (χ4v) is 5.47. The number of hydrogen-bond acceptors (Lipinski definition) is 7. The summed E-state index contributed by atoms with van der Waals surface area (Å²) in [6.45, 7) is 3.70. The highest BCUT2D eigenvalue weighted by Crippen LogP contribution is 2.54. The Bertz CT molecular complexity index is 1230. The van der Waals surface area contributed by atoms with Gasteiger partial charge in [0.05, 0.1) is 17.8 Å². The number of benzene rings is 1. The lowest BCUT2D eigenvalue weighted by Crippen LogP contribution is -2.34. The second-order valence-electron chi connectivity index (χ2n) is 9.78. The molecule has 0 radical (unpaired) electrons. The van der Waals surface area contributed by atoms with Gasteiger partial charge in [-0.1, -0.05) is 0 Å². The van der Waals surface area contributed by atoms with E-state index in [1.807, 2.05) is 12.1 Å². The first-order chi connectivity index (χ1) is 16.3. The third-order valence-corrected chi connectivity index (χ3v) is 7.92. The first-order valence-corrected chi connectivity index (χ1v) is 12.7. The molecule has 3 fully saturated rings. The van der Waals surface area contributed by atoms with Crippen molar-refractivity contribution in [3.8, 4) is 23.0 Å². The van der Waals surface area contributed by atoms with Crippen LogP contribution < -0.4 is 9.80 Å². The van der Waals surface area contributed by atoms with Crippen LogP contribution in [0.1, 0.15) is 37.8 Å². The first-order valence-electron chi connectivity index (χ1n) is 11.7. The normalized spacial score (nSPS) is 20.8. The topological polar surface area (TPSA) is 71.2 Å². The Morgan fingerprint density at radius 2 is 1.65 bits per heavy atom. The number of hydrogen-bond donors (Lipinski definition) is 0. The number of anilines is 2. The maximum Gasteiger partial charge on any atom is 0.267 e. The van der Waals surface area contributed by atoms with Gasteiger partial charge in [0, 0.05) is 35.3 Å². The van der Waals surface area contributed by atoms with Crippen LogP contribution in [0.2, 0.25) is 0 Å². The number of piperidine rings is 1. The Kier molecular flexibility index (Phi) is 5.27. The van der Waals surface area contributed by atoms with Crippen LogP contribution in [0.25, 0.3) is 23.0 Å². The van der Waals surface area contributed by atoms with E-state index < -0.39 is 5.92 Å². The molecule has 0 atom stereocenters. The van der Waals surface area contributed by atoms with Crippen LogP contribution in [0.3, 0.4) is 0 Å². The van der Waals surface area contributed by atoms with Gasteiger partial charge in [0.1, 0.15) is 5.69 Å². The minimum absolute atomic E-state index is 0.197. The summed E-state index contributed by atoms with van der Waals surface area (Å²) >= 11 is 2.33. The van der Waals surface area contributed by atoms with Crippen LogP contribution in [0.15, 0.2) is 28.7 Å². The largest absolute Gasteiger partial charge is 0.415 e. The second kappa shape index (κ2) is 8.10. The number of alkyl halides is 2. The lowest BCUT2D eigenvalue weighted by atomic mass is 9.93. The Labute approximate surface area is 210 Å². The summed E-state index contributed by atoms with van der Waals surface area (Å²) in [5, 5.41) is 8.58. The van der Waals surface area contributed by atoms with Crippen LogP contribution in [-0.4, -0.2) is 52.3 Å². The molecule has 0 unspecified atom stereocenters. The predicted octanol–water partition coefficient (Wildman–Crippen LogP) is 5.33. The molecule has 1 spiro atoms. The molecule has 2 saturated heterocycles. The maximum absolute atomic E-state index is 13.7. The molecule has 0 N–H and O–H groups in total. The van der Waals surface area contributed by atoms with E-state index in [1.54, 1.807) is 13.0 Å². The summed E-state index contributed by atoms with van der Waals surface area (Å²) < 4.78 is 34.7. The van der Waals surface area contributed by atoms with Crippen molar-refractivity contribution < 1.29 is 13.2 Å². The lowest BCUT2D eigenvalue weighted by molar-refractivity contribution is 0.0256. The van der Waals surface area contributed by atoms with Crippen LogP contribution in [-0.2, 0) is 0 Å². The number of aryl methyl sites for hydroxylation is 1. The minimum Gasteiger partial charge on any atom is -0.415 e. The van der Waals surface area contributed by atoms with Crippen molar-refractivity contribution in [2.75, 3.05) is 36.0 Å².